The molecule has 6 nitrogen and oxygen atoms in total. The zero-order valence-electron chi connectivity index (χ0n) is 16.5. The van der Waals surface area contributed by atoms with E-state index in [1.807, 2.05) is 43.0 Å². The number of carbonyl (C=O) groups excluding carboxylic acids is 2. The summed E-state index contributed by atoms with van der Waals surface area (Å²) in [4.78, 5) is 33.8. The molecule has 0 bridgehead atoms. The number of amides is 2. The van der Waals surface area contributed by atoms with E-state index < -0.39 is 0 Å². The van der Waals surface area contributed by atoms with Crippen LogP contribution in [0.1, 0.15) is 24.5 Å². The normalized spacial score (nSPS) is 16.0. The molecule has 1 atom stereocenters. The molecule has 0 aliphatic carbocycles. The van der Waals surface area contributed by atoms with Crippen LogP contribution in [-0.2, 0) is 16.1 Å². The average Bonchev–Trinajstić information content (AvgIpc) is 3.07. The molecule has 2 heterocycles. The number of thioether (sulfide) groups is 1. The highest BCUT2D eigenvalue weighted by molar-refractivity contribution is 8.00. The summed E-state index contributed by atoms with van der Waals surface area (Å²) in [6.07, 6.45) is 0. The van der Waals surface area contributed by atoms with Crippen LogP contribution in [0.4, 0.5) is 5.69 Å². The standard InChI is InChI=1S/C20H26N4O2S2/c1-14(28-19-6-4-17(5-7-19)21-15(2)25)20(26)24-10-8-23(9-11-24)12-18-13-27-16(3)22-18/h4-7,13-14H,8-12H2,1-3H3,(H,21,25). The fourth-order valence-electron chi connectivity index (χ4n) is 3.17. The van der Waals surface area contributed by atoms with Crippen molar-refractivity contribution < 1.29 is 9.59 Å². The van der Waals surface area contributed by atoms with E-state index in [0.717, 1.165) is 54.0 Å². The highest BCUT2D eigenvalue weighted by Gasteiger charge is 2.25. The summed E-state index contributed by atoms with van der Waals surface area (Å²) in [7, 11) is 0. The number of nitrogens with one attached hydrogen (secondary N) is 1. The molecule has 1 aliphatic heterocycles. The van der Waals surface area contributed by atoms with E-state index in [0.29, 0.717) is 0 Å². The Hall–Kier alpha value is -1.90. The number of aryl methyl sites for hydroxylation is 1. The second-order valence-electron chi connectivity index (χ2n) is 6.92. The molecule has 1 fully saturated rings. The van der Waals surface area contributed by atoms with Crippen LogP contribution >= 0.6 is 23.1 Å². The first-order valence-corrected chi connectivity index (χ1v) is 11.1. The quantitative estimate of drug-likeness (QED) is 0.730. The molecule has 0 radical (unpaired) electrons. The maximum absolute atomic E-state index is 12.8. The number of hydrogen-bond donors (Lipinski definition) is 1. The minimum absolute atomic E-state index is 0.0898. The van der Waals surface area contributed by atoms with Gasteiger partial charge in [0, 0.05) is 55.6 Å². The summed E-state index contributed by atoms with van der Waals surface area (Å²) in [5, 5.41) is 5.82. The van der Waals surface area contributed by atoms with E-state index >= 15 is 0 Å². The molecule has 1 aliphatic rings. The van der Waals surface area contributed by atoms with Crippen molar-refractivity contribution in [1.29, 1.82) is 0 Å². The molecule has 8 heteroatoms. The van der Waals surface area contributed by atoms with Crippen LogP contribution in [0.15, 0.2) is 34.5 Å². The van der Waals surface area contributed by atoms with Gasteiger partial charge in [-0.1, -0.05) is 0 Å². The van der Waals surface area contributed by atoms with Crippen molar-refractivity contribution in [2.75, 3.05) is 31.5 Å². The molecule has 1 N–H and O–H groups in total. The first-order valence-electron chi connectivity index (χ1n) is 9.37. The van der Waals surface area contributed by atoms with E-state index in [9.17, 15) is 9.59 Å². The Morgan fingerprint density at radius 3 is 2.46 bits per heavy atom. The summed E-state index contributed by atoms with van der Waals surface area (Å²) < 4.78 is 0. The Morgan fingerprint density at radius 2 is 1.89 bits per heavy atom. The molecule has 2 aromatic rings. The number of rotatable bonds is 6. The Balaban J connectivity index is 1.46. The van der Waals surface area contributed by atoms with Gasteiger partial charge in [0.15, 0.2) is 0 Å². The molecule has 1 aromatic heterocycles. The third-order valence-corrected chi connectivity index (χ3v) is 6.49. The summed E-state index contributed by atoms with van der Waals surface area (Å²) in [6.45, 7) is 9.60. The molecule has 3 rings (SSSR count). The summed E-state index contributed by atoms with van der Waals surface area (Å²) >= 11 is 3.23. The fraction of sp³-hybridized carbons (Fsp3) is 0.450. The fourth-order valence-corrected chi connectivity index (χ4v) is 4.72. The van der Waals surface area contributed by atoms with Gasteiger partial charge in [-0.15, -0.1) is 23.1 Å². The van der Waals surface area contributed by atoms with Crippen molar-refractivity contribution in [1.82, 2.24) is 14.8 Å². The number of anilines is 1. The largest absolute Gasteiger partial charge is 0.339 e. The van der Waals surface area contributed by atoms with Crippen molar-refractivity contribution in [3.8, 4) is 0 Å². The highest BCUT2D eigenvalue weighted by Crippen LogP contribution is 2.26. The third kappa shape index (κ3) is 5.80. The Bertz CT molecular complexity index is 814. The predicted molar refractivity (Wildman–Crippen MR) is 115 cm³/mol. The van der Waals surface area contributed by atoms with Crippen LogP contribution in [0.25, 0.3) is 0 Å². The smallest absolute Gasteiger partial charge is 0.235 e. The monoisotopic (exact) mass is 418 g/mol. The Labute approximate surface area is 174 Å². The lowest BCUT2D eigenvalue weighted by Crippen LogP contribution is -2.50. The van der Waals surface area contributed by atoms with Gasteiger partial charge in [0.2, 0.25) is 11.8 Å². The van der Waals surface area contributed by atoms with Gasteiger partial charge in [-0.05, 0) is 38.1 Å². The van der Waals surface area contributed by atoms with Gasteiger partial charge >= 0.3 is 0 Å². The lowest BCUT2D eigenvalue weighted by atomic mass is 10.2. The highest BCUT2D eigenvalue weighted by atomic mass is 32.2. The van der Waals surface area contributed by atoms with Crippen molar-refractivity contribution in [3.63, 3.8) is 0 Å². The van der Waals surface area contributed by atoms with Crippen molar-refractivity contribution in [3.05, 3.63) is 40.3 Å². The zero-order valence-corrected chi connectivity index (χ0v) is 18.1. The molecule has 0 saturated carbocycles. The first kappa shape index (κ1) is 20.8. The summed E-state index contributed by atoms with van der Waals surface area (Å²) in [5.74, 6) is 0.0908. The molecule has 28 heavy (non-hydrogen) atoms. The molecule has 0 spiro atoms. The Kier molecular flexibility index (Phi) is 7.09. The van der Waals surface area contributed by atoms with Crippen LogP contribution in [-0.4, -0.2) is 58.0 Å². The lowest BCUT2D eigenvalue weighted by molar-refractivity contribution is -0.132. The number of thiazole rings is 1. The second kappa shape index (κ2) is 9.54. The van der Waals surface area contributed by atoms with E-state index in [1.54, 1.807) is 23.1 Å². The van der Waals surface area contributed by atoms with E-state index in [1.165, 1.54) is 6.92 Å². The Morgan fingerprint density at radius 1 is 1.21 bits per heavy atom. The molecule has 1 saturated heterocycles. The van der Waals surface area contributed by atoms with Gasteiger partial charge in [-0.25, -0.2) is 4.98 Å². The first-order chi connectivity index (χ1) is 13.4. The number of nitrogens with zero attached hydrogens (tertiary/aromatic N) is 3. The number of benzene rings is 1. The van der Waals surface area contributed by atoms with Crippen molar-refractivity contribution >= 4 is 40.6 Å². The molecular formula is C20H26N4O2S2. The molecular weight excluding hydrogens is 392 g/mol. The molecule has 1 unspecified atom stereocenters. The number of carbonyl (C=O) groups is 2. The number of piperazine rings is 1. The van der Waals surface area contributed by atoms with Crippen molar-refractivity contribution in [2.24, 2.45) is 0 Å². The summed E-state index contributed by atoms with van der Waals surface area (Å²) in [5.41, 5.74) is 1.89. The average molecular weight is 419 g/mol. The number of aromatic nitrogens is 1. The van der Waals surface area contributed by atoms with Crippen LogP contribution in [0.5, 0.6) is 0 Å². The minimum Gasteiger partial charge on any atom is -0.339 e. The van der Waals surface area contributed by atoms with Gasteiger partial charge in [0.1, 0.15) is 0 Å². The SMILES string of the molecule is CC(=O)Nc1ccc(SC(C)C(=O)N2CCN(Cc3csc(C)n3)CC2)cc1. The second-order valence-corrected chi connectivity index (χ2v) is 9.40. The maximum Gasteiger partial charge on any atom is 0.235 e. The lowest BCUT2D eigenvalue weighted by Gasteiger charge is -2.35. The van der Waals surface area contributed by atoms with Crippen LogP contribution in [0.2, 0.25) is 0 Å². The van der Waals surface area contributed by atoms with Crippen LogP contribution in [0, 0.1) is 6.92 Å². The van der Waals surface area contributed by atoms with Gasteiger partial charge in [-0.2, -0.15) is 0 Å². The summed E-state index contributed by atoms with van der Waals surface area (Å²) in [6, 6.07) is 7.60. The molecule has 2 amide bonds. The number of hydrogen-bond acceptors (Lipinski definition) is 6. The topological polar surface area (TPSA) is 65.5 Å². The minimum atomic E-state index is -0.139. The van der Waals surface area contributed by atoms with Crippen LogP contribution in [0.3, 0.4) is 0 Å². The van der Waals surface area contributed by atoms with Gasteiger partial charge in [0.25, 0.3) is 0 Å². The van der Waals surface area contributed by atoms with Gasteiger partial charge in [-0.3, -0.25) is 14.5 Å². The molecule has 150 valence electrons. The zero-order chi connectivity index (χ0) is 20.1. The van der Waals surface area contributed by atoms with Crippen molar-refractivity contribution in [2.45, 2.75) is 37.5 Å². The van der Waals surface area contributed by atoms with Gasteiger partial charge in [0.05, 0.1) is 16.0 Å². The molecule has 1 aromatic carbocycles. The van der Waals surface area contributed by atoms with Gasteiger partial charge < -0.3 is 10.2 Å². The van der Waals surface area contributed by atoms with Crippen LogP contribution < -0.4 is 5.32 Å². The van der Waals surface area contributed by atoms with E-state index in [4.69, 9.17) is 0 Å². The maximum atomic E-state index is 12.8. The third-order valence-electron chi connectivity index (χ3n) is 4.57. The van der Waals surface area contributed by atoms with E-state index in [2.05, 4.69) is 20.6 Å². The van der Waals surface area contributed by atoms with E-state index in [-0.39, 0.29) is 17.1 Å². The predicted octanol–water partition coefficient (Wildman–Crippen LogP) is 3.23.